The van der Waals surface area contributed by atoms with Gasteiger partial charge < -0.3 is 14.6 Å². The number of rotatable bonds is 2. The molecule has 1 aliphatic carbocycles. The number of methoxy groups -OCH3 is 1. The Morgan fingerprint density at radius 2 is 2.04 bits per heavy atom. The molecule has 1 saturated carbocycles. The summed E-state index contributed by atoms with van der Waals surface area (Å²) in [4.78, 5) is 18.5. The molecular formula is C20H26N2O2. The Balaban J connectivity index is 1.64. The van der Waals surface area contributed by atoms with Crippen LogP contribution in [0.15, 0.2) is 24.3 Å². The van der Waals surface area contributed by atoms with Gasteiger partial charge in [-0.25, -0.2) is 0 Å². The summed E-state index contributed by atoms with van der Waals surface area (Å²) in [6.45, 7) is 7.88. The van der Waals surface area contributed by atoms with Crippen LogP contribution in [0.2, 0.25) is 0 Å². The number of likely N-dealkylation sites (tertiary alicyclic amines) is 1. The number of carbonyl (C=O) groups is 1. The number of carbonyl (C=O) groups excluding carboxylic acids is 1. The van der Waals surface area contributed by atoms with E-state index in [0.29, 0.717) is 17.2 Å². The lowest BCUT2D eigenvalue weighted by Gasteiger charge is -2.39. The van der Waals surface area contributed by atoms with Gasteiger partial charge in [-0.3, -0.25) is 4.79 Å². The zero-order valence-electron chi connectivity index (χ0n) is 15.0. The number of hydrogen-bond donors (Lipinski definition) is 1. The Labute approximate surface area is 143 Å². The van der Waals surface area contributed by atoms with Crippen molar-refractivity contribution >= 4 is 16.8 Å². The van der Waals surface area contributed by atoms with Crippen molar-refractivity contribution in [2.24, 2.45) is 10.8 Å². The number of ether oxygens (including phenoxy) is 1. The summed E-state index contributed by atoms with van der Waals surface area (Å²) in [5, 5.41) is 1.05. The summed E-state index contributed by atoms with van der Waals surface area (Å²) >= 11 is 0. The third kappa shape index (κ3) is 2.48. The van der Waals surface area contributed by atoms with Crippen molar-refractivity contribution in [2.45, 2.75) is 46.1 Å². The molecule has 0 spiro atoms. The van der Waals surface area contributed by atoms with Gasteiger partial charge in [-0.05, 0) is 48.3 Å². The van der Waals surface area contributed by atoms with Crippen molar-refractivity contribution in [3.63, 3.8) is 0 Å². The molecule has 2 aromatic rings. The molecule has 1 N–H and O–H groups in total. The summed E-state index contributed by atoms with van der Waals surface area (Å²) in [6.07, 6.45) is 3.43. The summed E-state index contributed by atoms with van der Waals surface area (Å²) in [5.74, 6) is 0.936. The van der Waals surface area contributed by atoms with E-state index in [0.717, 1.165) is 36.0 Å². The quantitative estimate of drug-likeness (QED) is 0.898. The van der Waals surface area contributed by atoms with Crippen LogP contribution >= 0.6 is 0 Å². The monoisotopic (exact) mass is 326 g/mol. The molecule has 1 aromatic carbocycles. The predicted octanol–water partition coefficient (Wildman–Crippen LogP) is 4.22. The number of aromatic amines is 1. The first-order valence-electron chi connectivity index (χ1n) is 8.76. The van der Waals surface area contributed by atoms with E-state index in [2.05, 4.69) is 30.7 Å². The lowest BCUT2D eigenvalue weighted by molar-refractivity contribution is 0.0703. The lowest BCUT2D eigenvalue weighted by Crippen LogP contribution is -2.37. The van der Waals surface area contributed by atoms with Gasteiger partial charge in [-0.15, -0.1) is 0 Å². The fraction of sp³-hybridized carbons (Fsp3) is 0.550. The number of amides is 1. The average molecular weight is 326 g/mol. The maximum Gasteiger partial charge on any atom is 0.270 e. The summed E-state index contributed by atoms with van der Waals surface area (Å²) in [6, 6.07) is 8.20. The van der Waals surface area contributed by atoms with Gasteiger partial charge in [-0.2, -0.15) is 0 Å². The first-order valence-corrected chi connectivity index (χ1v) is 8.76. The third-order valence-electron chi connectivity index (χ3n) is 5.74. The fourth-order valence-corrected chi connectivity index (χ4v) is 5.20. The predicted molar refractivity (Wildman–Crippen MR) is 95.4 cm³/mol. The number of aromatic nitrogens is 1. The van der Waals surface area contributed by atoms with Crippen molar-refractivity contribution in [2.75, 3.05) is 13.7 Å². The molecule has 2 fully saturated rings. The van der Waals surface area contributed by atoms with Crippen molar-refractivity contribution in [1.82, 2.24) is 9.88 Å². The lowest BCUT2D eigenvalue weighted by atomic mass is 9.65. The molecule has 1 aromatic heterocycles. The van der Waals surface area contributed by atoms with Crippen LogP contribution in [-0.4, -0.2) is 35.5 Å². The second-order valence-corrected chi connectivity index (χ2v) is 8.78. The first-order chi connectivity index (χ1) is 11.3. The Kier molecular flexibility index (Phi) is 3.25. The molecule has 4 heteroatoms. The second-order valence-electron chi connectivity index (χ2n) is 8.78. The maximum atomic E-state index is 13.1. The molecule has 2 bridgehead atoms. The molecule has 2 aliphatic rings. The number of nitrogens with zero attached hydrogens (tertiary/aromatic N) is 1. The van der Waals surface area contributed by atoms with E-state index in [-0.39, 0.29) is 11.3 Å². The van der Waals surface area contributed by atoms with Crippen LogP contribution in [0.1, 0.15) is 50.5 Å². The van der Waals surface area contributed by atoms with E-state index in [1.807, 2.05) is 24.3 Å². The number of benzene rings is 1. The number of H-pyrrole nitrogens is 1. The highest BCUT2D eigenvalue weighted by Gasteiger charge is 2.51. The minimum Gasteiger partial charge on any atom is -0.497 e. The Morgan fingerprint density at radius 1 is 1.25 bits per heavy atom. The summed E-state index contributed by atoms with van der Waals surface area (Å²) in [7, 11) is 1.66. The van der Waals surface area contributed by atoms with Crippen molar-refractivity contribution in [1.29, 1.82) is 0 Å². The van der Waals surface area contributed by atoms with Crippen LogP contribution < -0.4 is 4.74 Å². The minimum atomic E-state index is 0.136. The number of hydrogen-bond acceptors (Lipinski definition) is 2. The molecule has 1 amide bonds. The van der Waals surface area contributed by atoms with E-state index in [1.165, 1.54) is 6.42 Å². The topological polar surface area (TPSA) is 45.3 Å². The maximum absolute atomic E-state index is 13.1. The largest absolute Gasteiger partial charge is 0.497 e. The van der Waals surface area contributed by atoms with Gasteiger partial charge in [0.15, 0.2) is 0 Å². The van der Waals surface area contributed by atoms with E-state index in [9.17, 15) is 4.79 Å². The molecule has 4 nitrogen and oxygen atoms in total. The Bertz CT molecular complexity index is 807. The highest BCUT2D eigenvalue weighted by molar-refractivity contribution is 5.98. The SMILES string of the molecule is COc1ccc2cc(C(=O)N3C[C@]4(C)C[C@H]3CC(C)(C)C4)[nH]c2c1. The van der Waals surface area contributed by atoms with Crippen LogP contribution in [0.4, 0.5) is 0 Å². The minimum absolute atomic E-state index is 0.136. The van der Waals surface area contributed by atoms with E-state index in [4.69, 9.17) is 4.74 Å². The number of fused-ring (bicyclic) bond motifs is 3. The van der Waals surface area contributed by atoms with Gasteiger partial charge in [0.1, 0.15) is 11.4 Å². The molecule has 2 atom stereocenters. The van der Waals surface area contributed by atoms with Gasteiger partial charge in [0.25, 0.3) is 5.91 Å². The molecule has 128 valence electrons. The average Bonchev–Trinajstić information content (AvgIpc) is 3.02. The van der Waals surface area contributed by atoms with E-state index < -0.39 is 0 Å². The van der Waals surface area contributed by atoms with Gasteiger partial charge in [0.2, 0.25) is 0 Å². The first kappa shape index (κ1) is 15.6. The van der Waals surface area contributed by atoms with Gasteiger partial charge >= 0.3 is 0 Å². The third-order valence-corrected chi connectivity index (χ3v) is 5.74. The molecular weight excluding hydrogens is 300 g/mol. The molecule has 1 saturated heterocycles. The van der Waals surface area contributed by atoms with Crippen LogP contribution in [0.3, 0.4) is 0 Å². The van der Waals surface area contributed by atoms with E-state index in [1.54, 1.807) is 7.11 Å². The fourth-order valence-electron chi connectivity index (χ4n) is 5.20. The second kappa shape index (κ2) is 5.01. The number of nitrogens with one attached hydrogen (secondary N) is 1. The molecule has 2 heterocycles. The zero-order chi connectivity index (χ0) is 17.1. The van der Waals surface area contributed by atoms with Crippen LogP contribution in [-0.2, 0) is 0 Å². The van der Waals surface area contributed by atoms with Crippen LogP contribution in [0.25, 0.3) is 10.9 Å². The zero-order valence-corrected chi connectivity index (χ0v) is 15.0. The molecule has 0 unspecified atom stereocenters. The van der Waals surface area contributed by atoms with Gasteiger partial charge in [0.05, 0.1) is 7.11 Å². The van der Waals surface area contributed by atoms with Gasteiger partial charge in [-0.1, -0.05) is 20.8 Å². The summed E-state index contributed by atoms with van der Waals surface area (Å²) in [5.41, 5.74) is 2.22. The molecule has 4 rings (SSSR count). The molecule has 1 aliphatic heterocycles. The molecule has 0 radical (unpaired) electrons. The molecule has 24 heavy (non-hydrogen) atoms. The smallest absolute Gasteiger partial charge is 0.270 e. The summed E-state index contributed by atoms with van der Waals surface area (Å²) < 4.78 is 5.27. The van der Waals surface area contributed by atoms with Crippen molar-refractivity contribution in [3.8, 4) is 5.75 Å². The normalized spacial score (nSPS) is 28.3. The Morgan fingerprint density at radius 3 is 2.79 bits per heavy atom. The van der Waals surface area contributed by atoms with Crippen molar-refractivity contribution in [3.05, 3.63) is 30.0 Å². The van der Waals surface area contributed by atoms with E-state index >= 15 is 0 Å². The Hall–Kier alpha value is -1.97. The highest BCUT2D eigenvalue weighted by atomic mass is 16.5. The van der Waals surface area contributed by atoms with Crippen molar-refractivity contribution < 1.29 is 9.53 Å². The standard InChI is InChI=1S/C20H26N2O2/c1-19(2)9-14-10-20(3,11-19)12-22(14)18(23)17-7-13-5-6-15(24-4)8-16(13)21-17/h5-8,14,21H,9-12H2,1-4H3/t14-,20-/m1/s1. The van der Waals surface area contributed by atoms with Gasteiger partial charge in [0, 0.05) is 29.6 Å². The highest BCUT2D eigenvalue weighted by Crippen LogP contribution is 2.52. The van der Waals surface area contributed by atoms with Crippen LogP contribution in [0.5, 0.6) is 5.75 Å². The van der Waals surface area contributed by atoms with Crippen LogP contribution in [0, 0.1) is 10.8 Å².